The van der Waals surface area contributed by atoms with Crippen molar-refractivity contribution in [2.24, 2.45) is 10.8 Å². The van der Waals surface area contributed by atoms with Crippen LogP contribution in [0.25, 0.3) is 0 Å². The molecule has 0 aromatic carbocycles. The number of amides is 1. The quantitative estimate of drug-likeness (QED) is 0.916. The topological polar surface area (TPSA) is 45.2 Å². The van der Waals surface area contributed by atoms with Crippen LogP contribution in [0.5, 0.6) is 0 Å². The minimum absolute atomic E-state index is 0.104. The fraction of sp³-hybridized carbons (Fsp3) is 0.778. The summed E-state index contributed by atoms with van der Waals surface area (Å²) in [6.07, 6.45) is 4.96. The van der Waals surface area contributed by atoms with Gasteiger partial charge in [-0.2, -0.15) is 0 Å². The van der Waals surface area contributed by atoms with Crippen molar-refractivity contribution >= 4 is 17.2 Å². The van der Waals surface area contributed by atoms with E-state index >= 15 is 0 Å². The Morgan fingerprint density at radius 3 is 2.61 bits per heavy atom. The molecule has 130 valence electrons. The highest BCUT2D eigenvalue weighted by Gasteiger charge is 2.36. The molecule has 0 aliphatic carbocycles. The Labute approximate surface area is 144 Å². The Morgan fingerprint density at radius 1 is 1.35 bits per heavy atom. The van der Waals surface area contributed by atoms with Crippen molar-refractivity contribution in [3.8, 4) is 0 Å². The molecule has 0 bridgehead atoms. The summed E-state index contributed by atoms with van der Waals surface area (Å²) in [4.78, 5) is 20.6. The highest BCUT2D eigenvalue weighted by atomic mass is 32.1. The number of hydrogen-bond donors (Lipinski definition) is 1. The molecule has 1 aromatic heterocycles. The van der Waals surface area contributed by atoms with E-state index in [-0.39, 0.29) is 22.8 Å². The standard InChI is InChI=1S/C18H31N3OS/c1-13-20-10-14(23-13)11-21-8-7-17(2,3)12-18(4,5)9-15(19-6)16(21)22/h10,15,19H,7-9,11-12H2,1-6H3. The summed E-state index contributed by atoms with van der Waals surface area (Å²) >= 11 is 1.68. The van der Waals surface area contributed by atoms with Gasteiger partial charge in [0, 0.05) is 17.6 Å². The maximum absolute atomic E-state index is 13.0. The lowest BCUT2D eigenvalue weighted by molar-refractivity contribution is -0.134. The largest absolute Gasteiger partial charge is 0.336 e. The molecule has 1 unspecified atom stereocenters. The van der Waals surface area contributed by atoms with Crippen molar-refractivity contribution in [2.75, 3.05) is 13.6 Å². The Balaban J connectivity index is 2.24. The molecular formula is C18H31N3OS. The first-order chi connectivity index (χ1) is 10.6. The Hall–Kier alpha value is -0.940. The zero-order valence-corrected chi connectivity index (χ0v) is 16.2. The number of thiazole rings is 1. The van der Waals surface area contributed by atoms with Gasteiger partial charge in [-0.05, 0) is 44.1 Å². The van der Waals surface area contributed by atoms with Gasteiger partial charge in [0.1, 0.15) is 0 Å². The molecule has 2 heterocycles. The molecule has 23 heavy (non-hydrogen) atoms. The van der Waals surface area contributed by atoms with Gasteiger partial charge in [0.15, 0.2) is 0 Å². The van der Waals surface area contributed by atoms with Crippen LogP contribution in [0.1, 0.15) is 56.8 Å². The van der Waals surface area contributed by atoms with Crippen LogP contribution in [-0.4, -0.2) is 35.4 Å². The lowest BCUT2D eigenvalue weighted by Crippen LogP contribution is -2.46. The Morgan fingerprint density at radius 2 is 2.04 bits per heavy atom. The first kappa shape index (κ1) is 18.4. The average molecular weight is 338 g/mol. The molecular weight excluding hydrogens is 306 g/mol. The maximum Gasteiger partial charge on any atom is 0.240 e. The van der Waals surface area contributed by atoms with E-state index in [9.17, 15) is 4.79 Å². The molecule has 0 saturated carbocycles. The summed E-state index contributed by atoms with van der Waals surface area (Å²) in [5, 5.41) is 4.31. The van der Waals surface area contributed by atoms with Crippen LogP contribution in [-0.2, 0) is 11.3 Å². The fourth-order valence-electron chi connectivity index (χ4n) is 3.91. The van der Waals surface area contributed by atoms with Crippen LogP contribution in [0.15, 0.2) is 6.20 Å². The number of hydrogen-bond acceptors (Lipinski definition) is 4. The third-order valence-corrected chi connectivity index (χ3v) is 5.64. The van der Waals surface area contributed by atoms with E-state index in [1.807, 2.05) is 25.1 Å². The SMILES string of the molecule is CNC1CC(C)(C)CC(C)(C)CCN(Cc2cnc(C)s2)C1=O. The van der Waals surface area contributed by atoms with Crippen molar-refractivity contribution in [1.82, 2.24) is 15.2 Å². The van der Waals surface area contributed by atoms with Crippen molar-refractivity contribution in [3.63, 3.8) is 0 Å². The van der Waals surface area contributed by atoms with E-state index in [0.717, 1.165) is 30.8 Å². The summed E-state index contributed by atoms with van der Waals surface area (Å²) in [6.45, 7) is 12.7. The van der Waals surface area contributed by atoms with E-state index in [2.05, 4.69) is 38.0 Å². The number of nitrogens with zero attached hydrogens (tertiary/aromatic N) is 2. The molecule has 1 saturated heterocycles. The second kappa shape index (κ2) is 6.89. The normalized spacial score (nSPS) is 24.9. The first-order valence-corrected chi connectivity index (χ1v) is 9.31. The predicted octanol–water partition coefficient (Wildman–Crippen LogP) is 3.60. The monoisotopic (exact) mass is 337 g/mol. The van der Waals surface area contributed by atoms with Crippen LogP contribution >= 0.6 is 11.3 Å². The molecule has 0 radical (unpaired) electrons. The summed E-state index contributed by atoms with van der Waals surface area (Å²) in [6, 6.07) is -0.104. The second-order valence-corrected chi connectivity index (χ2v) is 9.73. The van der Waals surface area contributed by atoms with E-state index < -0.39 is 0 Å². The fourth-order valence-corrected chi connectivity index (χ4v) is 4.72. The zero-order chi connectivity index (χ0) is 17.3. The summed E-state index contributed by atoms with van der Waals surface area (Å²) in [7, 11) is 1.90. The van der Waals surface area contributed by atoms with Gasteiger partial charge in [0.05, 0.1) is 17.6 Å². The van der Waals surface area contributed by atoms with E-state index in [0.29, 0.717) is 6.54 Å². The molecule has 1 aromatic rings. The van der Waals surface area contributed by atoms with Crippen LogP contribution in [0.3, 0.4) is 0 Å². The lowest BCUT2D eigenvalue weighted by Gasteiger charge is -2.35. The smallest absolute Gasteiger partial charge is 0.240 e. The van der Waals surface area contributed by atoms with Crippen LogP contribution in [0.4, 0.5) is 0 Å². The highest BCUT2D eigenvalue weighted by Crippen LogP contribution is 2.40. The van der Waals surface area contributed by atoms with Gasteiger partial charge >= 0.3 is 0 Å². The first-order valence-electron chi connectivity index (χ1n) is 8.49. The molecule has 1 amide bonds. The number of carbonyl (C=O) groups is 1. The third-order valence-electron chi connectivity index (χ3n) is 4.75. The van der Waals surface area contributed by atoms with E-state index in [1.165, 1.54) is 4.88 Å². The van der Waals surface area contributed by atoms with Gasteiger partial charge in [0.2, 0.25) is 5.91 Å². The Bertz CT molecular complexity index is 550. The summed E-state index contributed by atoms with van der Waals surface area (Å²) in [5.41, 5.74) is 0.401. The molecule has 1 aliphatic heterocycles. The van der Waals surface area contributed by atoms with E-state index in [4.69, 9.17) is 0 Å². The summed E-state index contributed by atoms with van der Waals surface area (Å²) in [5.74, 6) is 0.226. The van der Waals surface area contributed by atoms with Gasteiger partial charge in [-0.1, -0.05) is 27.7 Å². The van der Waals surface area contributed by atoms with Gasteiger partial charge < -0.3 is 10.2 Å². The van der Waals surface area contributed by atoms with Crippen molar-refractivity contribution in [1.29, 1.82) is 0 Å². The third kappa shape index (κ3) is 5.01. The molecule has 5 heteroatoms. The van der Waals surface area contributed by atoms with Crippen LogP contribution in [0.2, 0.25) is 0 Å². The van der Waals surface area contributed by atoms with Gasteiger partial charge in [-0.25, -0.2) is 4.98 Å². The number of rotatable bonds is 3. The van der Waals surface area contributed by atoms with Crippen molar-refractivity contribution in [2.45, 2.75) is 66.5 Å². The van der Waals surface area contributed by atoms with Crippen LogP contribution in [0, 0.1) is 17.8 Å². The van der Waals surface area contributed by atoms with Crippen LogP contribution < -0.4 is 5.32 Å². The molecule has 1 aliphatic rings. The summed E-state index contributed by atoms with van der Waals surface area (Å²) < 4.78 is 0. The zero-order valence-electron chi connectivity index (χ0n) is 15.4. The molecule has 2 rings (SSSR count). The lowest BCUT2D eigenvalue weighted by atomic mass is 9.71. The molecule has 4 nitrogen and oxygen atoms in total. The minimum atomic E-state index is -0.104. The van der Waals surface area contributed by atoms with E-state index in [1.54, 1.807) is 11.3 Å². The van der Waals surface area contributed by atoms with Gasteiger partial charge in [-0.15, -0.1) is 11.3 Å². The maximum atomic E-state index is 13.0. The highest BCUT2D eigenvalue weighted by molar-refractivity contribution is 7.11. The van der Waals surface area contributed by atoms with Gasteiger partial charge in [-0.3, -0.25) is 4.79 Å². The second-order valence-electron chi connectivity index (χ2n) is 8.41. The number of nitrogens with one attached hydrogen (secondary N) is 1. The van der Waals surface area contributed by atoms with Crippen molar-refractivity contribution in [3.05, 3.63) is 16.1 Å². The number of aryl methyl sites for hydroxylation is 1. The van der Waals surface area contributed by atoms with Gasteiger partial charge in [0.25, 0.3) is 0 Å². The number of aromatic nitrogens is 1. The molecule has 1 atom stereocenters. The molecule has 0 spiro atoms. The number of likely N-dealkylation sites (N-methyl/N-ethyl adjacent to an activating group) is 1. The number of carbonyl (C=O) groups excluding carboxylic acids is 1. The van der Waals surface area contributed by atoms with Crippen molar-refractivity contribution < 1.29 is 4.79 Å². The predicted molar refractivity (Wildman–Crippen MR) is 96.5 cm³/mol. The molecule has 1 fully saturated rings. The molecule has 1 N–H and O–H groups in total. The minimum Gasteiger partial charge on any atom is -0.336 e. The average Bonchev–Trinajstić information content (AvgIpc) is 2.84. The Kier molecular flexibility index (Phi) is 5.52.